The number of likely N-dealkylation sites (tertiary alicyclic amines) is 1. The number of rotatable bonds is 5. The van der Waals surface area contributed by atoms with E-state index in [9.17, 15) is 4.79 Å². The number of furan rings is 1. The summed E-state index contributed by atoms with van der Waals surface area (Å²) < 4.78 is 11.5. The van der Waals surface area contributed by atoms with E-state index in [2.05, 4.69) is 65.3 Å². The summed E-state index contributed by atoms with van der Waals surface area (Å²) in [7, 11) is 0. The number of fused-ring (bicyclic) bond motifs is 1. The Hall–Kier alpha value is -2.63. The number of piperidine rings is 1. The smallest absolute Gasteiger partial charge is 0.228 e. The third-order valence-corrected chi connectivity index (χ3v) is 7.39. The fourth-order valence-electron chi connectivity index (χ4n) is 5.29. The van der Waals surface area contributed by atoms with Gasteiger partial charge in [-0.1, -0.05) is 49.4 Å². The van der Waals surface area contributed by atoms with E-state index in [1.54, 1.807) is 6.26 Å². The topological polar surface area (TPSA) is 45.9 Å². The van der Waals surface area contributed by atoms with Crippen LogP contribution in [0.3, 0.4) is 0 Å². The molecule has 0 saturated carbocycles. The minimum absolute atomic E-state index is 0.283. The summed E-state index contributed by atoms with van der Waals surface area (Å²) in [6, 6.07) is 19.0. The normalized spacial score (nSPS) is 21.7. The van der Waals surface area contributed by atoms with Crippen LogP contribution in [0.25, 0.3) is 11.0 Å². The number of ether oxygens (including phenoxy) is 1. The summed E-state index contributed by atoms with van der Waals surface area (Å²) in [6.45, 7) is 7.83. The van der Waals surface area contributed by atoms with Crippen molar-refractivity contribution in [3.8, 4) is 0 Å². The summed E-state index contributed by atoms with van der Waals surface area (Å²) in [5.41, 5.74) is 3.22. The molecule has 5 heteroatoms. The molecule has 3 aromatic rings. The van der Waals surface area contributed by atoms with Crippen molar-refractivity contribution in [2.75, 3.05) is 39.4 Å². The van der Waals surface area contributed by atoms with E-state index in [-0.39, 0.29) is 5.41 Å². The second kappa shape index (κ2) is 9.70. The van der Waals surface area contributed by atoms with Crippen molar-refractivity contribution in [1.82, 2.24) is 9.80 Å². The van der Waals surface area contributed by atoms with Gasteiger partial charge in [0.25, 0.3) is 0 Å². The van der Waals surface area contributed by atoms with E-state index in [1.807, 2.05) is 6.07 Å². The molecule has 0 spiro atoms. The average Bonchev–Trinajstić information content (AvgIpc) is 3.18. The summed E-state index contributed by atoms with van der Waals surface area (Å²) in [4.78, 5) is 18.2. The Morgan fingerprint density at radius 1 is 1.03 bits per heavy atom. The Bertz CT molecular complexity index is 1070. The molecule has 2 aliphatic heterocycles. The highest BCUT2D eigenvalue weighted by Crippen LogP contribution is 2.34. The lowest BCUT2D eigenvalue weighted by atomic mass is 9.78. The maximum atomic E-state index is 13.7. The van der Waals surface area contributed by atoms with E-state index in [1.165, 1.54) is 11.1 Å². The molecule has 0 N–H and O–H groups in total. The summed E-state index contributed by atoms with van der Waals surface area (Å²) >= 11 is 0. The zero-order chi connectivity index (χ0) is 22.7. The lowest BCUT2D eigenvalue weighted by molar-refractivity contribution is -0.144. The van der Waals surface area contributed by atoms with Crippen LogP contribution in [0.5, 0.6) is 0 Å². The summed E-state index contributed by atoms with van der Waals surface area (Å²) in [5, 5.41) is 1.12. The quantitative estimate of drug-likeness (QED) is 0.567. The van der Waals surface area contributed by atoms with Crippen LogP contribution >= 0.6 is 0 Å². The van der Waals surface area contributed by atoms with Crippen molar-refractivity contribution in [1.29, 1.82) is 0 Å². The molecule has 1 aromatic heterocycles. The van der Waals surface area contributed by atoms with E-state index in [0.717, 1.165) is 56.4 Å². The van der Waals surface area contributed by atoms with Gasteiger partial charge < -0.3 is 14.1 Å². The predicted octanol–water partition coefficient (Wildman–Crippen LogP) is 4.75. The molecular formula is C28H34N2O3. The van der Waals surface area contributed by atoms with Gasteiger partial charge in [-0.2, -0.15) is 0 Å². The third-order valence-electron chi connectivity index (χ3n) is 7.39. The van der Waals surface area contributed by atoms with Crippen LogP contribution in [0.4, 0.5) is 0 Å². The number of nitrogens with zero attached hydrogens (tertiary/aromatic N) is 2. The van der Waals surface area contributed by atoms with Gasteiger partial charge >= 0.3 is 0 Å². The van der Waals surface area contributed by atoms with Crippen LogP contribution in [0.2, 0.25) is 0 Å². The molecule has 2 saturated heterocycles. The van der Waals surface area contributed by atoms with Crippen molar-refractivity contribution in [3.63, 3.8) is 0 Å². The first-order chi connectivity index (χ1) is 16.1. The van der Waals surface area contributed by atoms with Crippen molar-refractivity contribution < 1.29 is 13.9 Å². The van der Waals surface area contributed by atoms with Gasteiger partial charge in [0.15, 0.2) is 0 Å². The molecule has 3 heterocycles. The summed E-state index contributed by atoms with van der Waals surface area (Å²) in [5.74, 6) is 0.601. The highest BCUT2D eigenvalue weighted by molar-refractivity contribution is 5.82. The molecule has 2 fully saturated rings. The van der Waals surface area contributed by atoms with Gasteiger partial charge in [0, 0.05) is 36.4 Å². The van der Waals surface area contributed by atoms with Crippen LogP contribution in [-0.4, -0.2) is 55.1 Å². The minimum atomic E-state index is -0.283. The minimum Gasteiger partial charge on any atom is -0.464 e. The Balaban J connectivity index is 1.20. The average molecular weight is 447 g/mol. The maximum absolute atomic E-state index is 13.7. The Kier molecular flexibility index (Phi) is 6.52. The number of carbonyl (C=O) groups is 1. The van der Waals surface area contributed by atoms with E-state index in [4.69, 9.17) is 9.15 Å². The number of benzene rings is 2. The molecule has 33 heavy (non-hydrogen) atoms. The number of carbonyl (C=O) groups excluding carboxylic acids is 1. The van der Waals surface area contributed by atoms with E-state index < -0.39 is 0 Å². The van der Waals surface area contributed by atoms with Gasteiger partial charge in [-0.15, -0.1) is 0 Å². The fourth-order valence-corrected chi connectivity index (χ4v) is 5.29. The molecule has 2 aliphatic rings. The Morgan fingerprint density at radius 3 is 2.67 bits per heavy atom. The van der Waals surface area contributed by atoms with Crippen LogP contribution in [0, 0.1) is 11.3 Å². The molecule has 1 atom stereocenters. The highest BCUT2D eigenvalue weighted by Gasteiger charge is 2.40. The lowest BCUT2D eigenvalue weighted by Gasteiger charge is -2.41. The van der Waals surface area contributed by atoms with E-state index in [0.29, 0.717) is 31.6 Å². The SMILES string of the molecule is CC1(C(=O)N2CCOC[C@H](Cc3ccc4ccoc4c3)C2)CCN(Cc2ccccc2)CC1. The molecule has 0 bridgehead atoms. The summed E-state index contributed by atoms with van der Waals surface area (Å²) in [6.07, 6.45) is 4.45. The largest absolute Gasteiger partial charge is 0.464 e. The van der Waals surface area contributed by atoms with Crippen molar-refractivity contribution in [2.45, 2.75) is 32.7 Å². The molecule has 1 amide bonds. The van der Waals surface area contributed by atoms with Crippen molar-refractivity contribution in [3.05, 3.63) is 72.0 Å². The van der Waals surface area contributed by atoms with Crippen LogP contribution < -0.4 is 0 Å². The maximum Gasteiger partial charge on any atom is 0.228 e. The predicted molar refractivity (Wildman–Crippen MR) is 130 cm³/mol. The molecule has 0 unspecified atom stereocenters. The van der Waals surface area contributed by atoms with Crippen molar-refractivity contribution in [2.24, 2.45) is 11.3 Å². The molecule has 174 valence electrons. The zero-order valence-corrected chi connectivity index (χ0v) is 19.5. The number of amides is 1. The molecule has 0 radical (unpaired) electrons. The second-order valence-corrected chi connectivity index (χ2v) is 10.0. The van der Waals surface area contributed by atoms with Gasteiger partial charge in [-0.05, 0) is 55.6 Å². The molecule has 5 rings (SSSR count). The van der Waals surface area contributed by atoms with Crippen molar-refractivity contribution >= 4 is 16.9 Å². The number of hydrogen-bond donors (Lipinski definition) is 0. The first-order valence-corrected chi connectivity index (χ1v) is 12.2. The lowest BCUT2D eigenvalue weighted by Crippen LogP contribution is -2.50. The standard InChI is InChI=1S/C28H34N2O3/c1-28(10-12-29(13-11-28)19-22-5-3-2-4-6-22)27(31)30-14-16-32-21-24(20-30)17-23-7-8-25-9-15-33-26(25)18-23/h2-9,15,18,24H,10-14,16-17,19-21H2,1H3/t24-/m1/s1. The van der Waals surface area contributed by atoms with E-state index >= 15 is 0 Å². The number of hydrogen-bond acceptors (Lipinski definition) is 4. The van der Waals surface area contributed by atoms with Gasteiger partial charge in [0.2, 0.25) is 5.91 Å². The Morgan fingerprint density at radius 2 is 1.85 bits per heavy atom. The van der Waals surface area contributed by atoms with Gasteiger partial charge in [0.1, 0.15) is 5.58 Å². The Labute approximate surface area is 196 Å². The fraction of sp³-hybridized carbons (Fsp3) is 0.464. The molecule has 0 aliphatic carbocycles. The monoisotopic (exact) mass is 446 g/mol. The molecular weight excluding hydrogens is 412 g/mol. The molecule has 2 aromatic carbocycles. The van der Waals surface area contributed by atoms with Crippen LogP contribution in [-0.2, 0) is 22.5 Å². The van der Waals surface area contributed by atoms with Gasteiger partial charge in [-0.25, -0.2) is 0 Å². The first kappa shape index (κ1) is 22.2. The van der Waals surface area contributed by atoms with Crippen LogP contribution in [0.15, 0.2) is 65.3 Å². The second-order valence-electron chi connectivity index (χ2n) is 10.0. The van der Waals surface area contributed by atoms with Crippen LogP contribution in [0.1, 0.15) is 30.9 Å². The van der Waals surface area contributed by atoms with Gasteiger partial charge in [0.05, 0.1) is 19.5 Å². The van der Waals surface area contributed by atoms with Gasteiger partial charge in [-0.3, -0.25) is 9.69 Å². The first-order valence-electron chi connectivity index (χ1n) is 12.2. The highest BCUT2D eigenvalue weighted by atomic mass is 16.5. The zero-order valence-electron chi connectivity index (χ0n) is 19.5. The third kappa shape index (κ3) is 5.15. The molecule has 5 nitrogen and oxygen atoms in total.